The summed E-state index contributed by atoms with van der Waals surface area (Å²) < 4.78 is 1.89. The Bertz CT molecular complexity index is 386. The Morgan fingerprint density at radius 1 is 1.56 bits per heavy atom. The van der Waals surface area contributed by atoms with Crippen LogP contribution in [0.5, 0.6) is 0 Å². The molecule has 1 heterocycles. The van der Waals surface area contributed by atoms with Crippen LogP contribution in [0.4, 0.5) is 0 Å². The predicted molar refractivity (Wildman–Crippen MR) is 74.5 cm³/mol. The first kappa shape index (κ1) is 12.9. The number of thiophene rings is 1. The third-order valence-corrected chi connectivity index (χ3v) is 5.84. The van der Waals surface area contributed by atoms with Crippen molar-refractivity contribution in [2.75, 3.05) is 12.4 Å². The summed E-state index contributed by atoms with van der Waals surface area (Å²) >= 11 is 14.0. The van der Waals surface area contributed by atoms with Crippen LogP contribution in [0.25, 0.3) is 0 Å². The first-order chi connectivity index (χ1) is 7.63. The van der Waals surface area contributed by atoms with Crippen molar-refractivity contribution in [2.24, 2.45) is 0 Å². The zero-order chi connectivity index (χ0) is 11.7. The van der Waals surface area contributed by atoms with Gasteiger partial charge in [0.2, 0.25) is 0 Å². The first-order valence-corrected chi connectivity index (χ1v) is 7.89. The second-order valence-electron chi connectivity index (χ2n) is 3.65. The first-order valence-electron chi connectivity index (χ1n) is 4.95. The zero-order valence-corrected chi connectivity index (χ0v) is 13.1. The summed E-state index contributed by atoms with van der Waals surface area (Å²) in [5.41, 5.74) is 0. The Morgan fingerprint density at radius 3 is 2.69 bits per heavy atom. The van der Waals surface area contributed by atoms with E-state index in [1.165, 1.54) is 11.3 Å². The Kier molecular flexibility index (Phi) is 4.32. The fourth-order valence-electron chi connectivity index (χ4n) is 1.52. The van der Waals surface area contributed by atoms with Gasteiger partial charge in [0.15, 0.2) is 0 Å². The van der Waals surface area contributed by atoms with Crippen molar-refractivity contribution in [3.05, 3.63) is 19.2 Å². The van der Waals surface area contributed by atoms with E-state index < -0.39 is 0 Å². The molecule has 1 fully saturated rings. The Balaban J connectivity index is 2.15. The maximum absolute atomic E-state index is 12.2. The topological polar surface area (TPSA) is 20.3 Å². The molecule has 0 saturated heterocycles. The van der Waals surface area contributed by atoms with Gasteiger partial charge in [0.1, 0.15) is 0 Å². The van der Waals surface area contributed by atoms with Crippen molar-refractivity contribution in [1.29, 1.82) is 0 Å². The molecule has 2 nitrogen and oxygen atoms in total. The molecule has 0 unspecified atom stereocenters. The molecule has 0 aromatic carbocycles. The minimum Gasteiger partial charge on any atom is -0.334 e. The van der Waals surface area contributed by atoms with Gasteiger partial charge >= 0.3 is 0 Å². The van der Waals surface area contributed by atoms with Gasteiger partial charge in [0, 0.05) is 22.9 Å². The molecule has 0 aliphatic heterocycles. The van der Waals surface area contributed by atoms with Crippen molar-refractivity contribution >= 4 is 60.7 Å². The minimum absolute atomic E-state index is 0.0968. The summed E-state index contributed by atoms with van der Waals surface area (Å²) in [5.74, 6) is 0.593. The summed E-state index contributed by atoms with van der Waals surface area (Å²) in [6.45, 7) is 0.637. The highest BCUT2D eigenvalue weighted by molar-refractivity contribution is 9.13. The summed E-state index contributed by atoms with van der Waals surface area (Å²) in [7, 11) is 0. The van der Waals surface area contributed by atoms with Gasteiger partial charge in [-0.05, 0) is 50.8 Å². The largest absolute Gasteiger partial charge is 0.334 e. The van der Waals surface area contributed by atoms with Crippen LogP contribution in [0.3, 0.4) is 0 Å². The average molecular weight is 388 g/mol. The molecule has 1 aliphatic carbocycles. The SMILES string of the molecule is O=C(c1cc(Br)c(Br)s1)N(CCCl)C1CC1. The number of amides is 1. The Hall–Kier alpha value is 0.420. The van der Waals surface area contributed by atoms with Gasteiger partial charge in [0.25, 0.3) is 5.91 Å². The summed E-state index contributed by atoms with van der Waals surface area (Å²) in [6.07, 6.45) is 2.21. The molecule has 6 heteroatoms. The van der Waals surface area contributed by atoms with Crippen molar-refractivity contribution < 1.29 is 4.79 Å². The number of halogens is 3. The van der Waals surface area contributed by atoms with E-state index in [-0.39, 0.29) is 5.91 Å². The van der Waals surface area contributed by atoms with E-state index in [1.807, 2.05) is 11.0 Å². The monoisotopic (exact) mass is 385 g/mol. The third-order valence-electron chi connectivity index (χ3n) is 2.43. The van der Waals surface area contributed by atoms with E-state index in [4.69, 9.17) is 11.6 Å². The van der Waals surface area contributed by atoms with Crippen LogP contribution in [-0.2, 0) is 0 Å². The van der Waals surface area contributed by atoms with Crippen LogP contribution >= 0.6 is 54.8 Å². The number of rotatable bonds is 4. The molecule has 0 spiro atoms. The van der Waals surface area contributed by atoms with Crippen LogP contribution in [0.1, 0.15) is 22.5 Å². The van der Waals surface area contributed by atoms with Crippen LogP contribution in [0, 0.1) is 0 Å². The van der Waals surface area contributed by atoms with Crippen LogP contribution in [0.15, 0.2) is 14.3 Å². The lowest BCUT2D eigenvalue weighted by Gasteiger charge is -2.20. The number of alkyl halides is 1. The molecule has 88 valence electrons. The highest BCUT2D eigenvalue weighted by atomic mass is 79.9. The molecule has 0 atom stereocenters. The van der Waals surface area contributed by atoms with Crippen molar-refractivity contribution in [3.63, 3.8) is 0 Å². The molecule has 0 bridgehead atoms. The zero-order valence-electron chi connectivity index (χ0n) is 8.38. The molecule has 1 aromatic heterocycles. The molecule has 0 radical (unpaired) electrons. The van der Waals surface area contributed by atoms with E-state index in [2.05, 4.69) is 31.9 Å². The lowest BCUT2D eigenvalue weighted by atomic mass is 10.3. The van der Waals surface area contributed by atoms with E-state index >= 15 is 0 Å². The van der Waals surface area contributed by atoms with E-state index in [0.29, 0.717) is 18.5 Å². The number of hydrogen-bond donors (Lipinski definition) is 0. The van der Waals surface area contributed by atoms with Gasteiger partial charge in [-0.2, -0.15) is 0 Å². The lowest BCUT2D eigenvalue weighted by molar-refractivity contribution is 0.0758. The molecule has 2 rings (SSSR count). The van der Waals surface area contributed by atoms with Gasteiger partial charge in [-0.25, -0.2) is 0 Å². The van der Waals surface area contributed by atoms with E-state index in [0.717, 1.165) is 26.0 Å². The van der Waals surface area contributed by atoms with Crippen molar-refractivity contribution in [2.45, 2.75) is 18.9 Å². The van der Waals surface area contributed by atoms with Gasteiger partial charge in [0.05, 0.1) is 8.66 Å². The minimum atomic E-state index is 0.0968. The summed E-state index contributed by atoms with van der Waals surface area (Å²) in [5, 5.41) is 0. The predicted octanol–water partition coefficient (Wildman–Crippen LogP) is 4.12. The fourth-order valence-corrected chi connectivity index (χ4v) is 3.69. The maximum Gasteiger partial charge on any atom is 0.264 e. The molecular weight excluding hydrogens is 377 g/mol. The average Bonchev–Trinajstić information content (AvgIpc) is 3.02. The Labute approximate surface area is 120 Å². The lowest BCUT2D eigenvalue weighted by Crippen LogP contribution is -2.34. The second-order valence-corrected chi connectivity index (χ2v) is 7.25. The molecule has 1 amide bonds. The molecule has 1 saturated carbocycles. The maximum atomic E-state index is 12.2. The van der Waals surface area contributed by atoms with Gasteiger partial charge in [-0.1, -0.05) is 0 Å². The highest BCUT2D eigenvalue weighted by Crippen LogP contribution is 2.35. The third kappa shape index (κ3) is 2.81. The normalized spacial score (nSPS) is 15.2. The van der Waals surface area contributed by atoms with Gasteiger partial charge in [-0.15, -0.1) is 22.9 Å². The number of carbonyl (C=O) groups excluding carboxylic acids is 1. The van der Waals surface area contributed by atoms with Crippen molar-refractivity contribution in [3.8, 4) is 0 Å². The van der Waals surface area contributed by atoms with Crippen LogP contribution < -0.4 is 0 Å². The molecule has 16 heavy (non-hydrogen) atoms. The quantitative estimate of drug-likeness (QED) is 0.712. The molecular formula is C10H10Br2ClNOS. The fraction of sp³-hybridized carbons (Fsp3) is 0.500. The molecule has 1 aromatic rings. The van der Waals surface area contributed by atoms with Gasteiger partial charge < -0.3 is 4.90 Å². The smallest absolute Gasteiger partial charge is 0.264 e. The van der Waals surface area contributed by atoms with Gasteiger partial charge in [-0.3, -0.25) is 4.79 Å². The Morgan fingerprint density at radius 2 is 2.25 bits per heavy atom. The van der Waals surface area contributed by atoms with Crippen LogP contribution in [-0.4, -0.2) is 29.3 Å². The number of nitrogens with zero attached hydrogens (tertiary/aromatic N) is 1. The highest BCUT2D eigenvalue weighted by Gasteiger charge is 2.33. The number of hydrogen-bond acceptors (Lipinski definition) is 2. The van der Waals surface area contributed by atoms with E-state index in [9.17, 15) is 4.79 Å². The van der Waals surface area contributed by atoms with E-state index in [1.54, 1.807) is 0 Å². The molecule has 1 aliphatic rings. The second kappa shape index (κ2) is 5.38. The van der Waals surface area contributed by atoms with Crippen molar-refractivity contribution in [1.82, 2.24) is 4.90 Å². The summed E-state index contributed by atoms with van der Waals surface area (Å²) in [6, 6.07) is 2.27. The standard InChI is InChI=1S/C10H10Br2ClNOS/c11-7-5-8(16-9(7)12)10(15)14(4-3-13)6-1-2-6/h5-6H,1-4H2. The summed E-state index contributed by atoms with van der Waals surface area (Å²) in [4.78, 5) is 14.9. The van der Waals surface area contributed by atoms with Crippen LogP contribution in [0.2, 0.25) is 0 Å². The molecule has 0 N–H and O–H groups in total. The number of carbonyl (C=O) groups is 1.